The molecule has 2 atom stereocenters. The Balaban J connectivity index is 0.000000112. The minimum atomic E-state index is -0.591. The van der Waals surface area contributed by atoms with Crippen LogP contribution in [0.4, 0.5) is 22.0 Å². The van der Waals surface area contributed by atoms with E-state index in [9.17, 15) is 56.1 Å². The Morgan fingerprint density at radius 1 is 0.340 bits per heavy atom. The van der Waals surface area contributed by atoms with Crippen molar-refractivity contribution >= 4 is 150 Å². The Morgan fingerprint density at radius 2 is 0.631 bits per heavy atom. The Hall–Kier alpha value is -16.6. The number of halogens is 5. The summed E-state index contributed by atoms with van der Waals surface area (Å²) < 4.78 is 73.0. The fraction of sp³-hybridized carbons (Fsp3) is 0.150. The van der Waals surface area contributed by atoms with E-state index in [0.29, 0.717) is 91.1 Å². The van der Waals surface area contributed by atoms with Gasteiger partial charge < -0.3 is 36.8 Å². The van der Waals surface area contributed by atoms with Crippen molar-refractivity contribution in [2.45, 2.75) is 57.7 Å². The predicted molar refractivity (Wildman–Crippen MR) is 548 cm³/mol. The second-order valence-corrected chi connectivity index (χ2v) is 36.3. The molecule has 12 N–H and O–H groups in total. The van der Waals surface area contributed by atoms with Crippen molar-refractivity contribution in [3.8, 4) is 56.3 Å². The quantitative estimate of drug-likeness (QED) is 0.0222. The largest absolute Gasteiger partial charge is 0.394 e. The number of H-pyrrole nitrogens is 5. The number of nitrogens with one attached hydrogen (secondary N) is 10. The number of amides is 5. The van der Waals surface area contributed by atoms with Gasteiger partial charge in [0.15, 0.2) is 29.1 Å². The first-order chi connectivity index (χ1) is 68.7. The van der Waals surface area contributed by atoms with Crippen LogP contribution in [-0.4, -0.2) is 141 Å². The summed E-state index contributed by atoms with van der Waals surface area (Å²) in [6, 6.07) is 93.0. The normalized spacial score (nSPS) is 12.8. The van der Waals surface area contributed by atoms with Crippen LogP contribution in [0.5, 0.6) is 0 Å². The van der Waals surface area contributed by atoms with Crippen molar-refractivity contribution in [2.75, 3.05) is 38.3 Å². The van der Waals surface area contributed by atoms with Gasteiger partial charge in [-0.3, -0.25) is 49.5 Å². The first kappa shape index (κ1) is 93.5. The number of carbonyl (C=O) groups excluding carboxylic acids is 5. The molecule has 21 aromatic rings. The molecule has 704 valence electrons. The highest BCUT2D eigenvalue weighted by Gasteiger charge is 2.29. The lowest BCUT2D eigenvalue weighted by Gasteiger charge is -2.19. The number of hydrogen-bond acceptors (Lipinski definition) is 13. The van der Waals surface area contributed by atoms with Gasteiger partial charge in [0.25, 0.3) is 29.5 Å². The molecule has 0 saturated heterocycles. The predicted octanol–water partition coefficient (Wildman–Crippen LogP) is 22.9. The number of aromatic amines is 5. The molecule has 0 unspecified atom stereocenters. The number of nitrogens with zero attached hydrogens (tertiary/aromatic N) is 5. The monoisotopic (exact) mass is 1900 g/mol. The van der Waals surface area contributed by atoms with Crippen LogP contribution < -0.4 is 26.6 Å². The fourth-order valence-corrected chi connectivity index (χ4v) is 17.5. The van der Waals surface area contributed by atoms with Gasteiger partial charge in [-0.05, 0) is 194 Å². The van der Waals surface area contributed by atoms with Crippen molar-refractivity contribution in [1.82, 2.24) is 77.6 Å². The lowest BCUT2D eigenvalue weighted by atomic mass is 10.0. The van der Waals surface area contributed by atoms with Crippen molar-refractivity contribution in [3.63, 3.8) is 0 Å². The molecule has 5 aromatic heterocycles. The maximum Gasteiger partial charge on any atom is 0.251 e. The van der Waals surface area contributed by atoms with Gasteiger partial charge in [0.1, 0.15) is 27.6 Å². The first-order valence-electron chi connectivity index (χ1n) is 46.2. The number of rotatable bonds is 22. The molecule has 23 rings (SSSR count). The Labute approximate surface area is 808 Å². The van der Waals surface area contributed by atoms with Crippen molar-refractivity contribution in [1.29, 1.82) is 0 Å². The third-order valence-corrected chi connectivity index (χ3v) is 25.9. The highest BCUT2D eigenvalue weighted by molar-refractivity contribution is 7.98. The molecular formula is C113H94F5N15O7S. The number of thioether (sulfide) groups is 1. The summed E-state index contributed by atoms with van der Waals surface area (Å²) in [5.41, 5.74) is 11.0. The molecule has 16 aromatic carbocycles. The molecule has 28 heteroatoms. The van der Waals surface area contributed by atoms with E-state index < -0.39 is 53.0 Å². The molecule has 0 radical (unpaired) electrons. The van der Waals surface area contributed by atoms with Crippen LogP contribution in [0, 0.1) is 40.9 Å². The molecule has 0 aliphatic heterocycles. The van der Waals surface area contributed by atoms with Gasteiger partial charge in [-0.25, -0.2) is 22.0 Å². The summed E-state index contributed by atoms with van der Waals surface area (Å²) in [4.78, 5) is 62.6. The Morgan fingerprint density at radius 3 is 0.922 bits per heavy atom. The highest BCUT2D eigenvalue weighted by atomic mass is 32.2. The number of hydrogen-bond donors (Lipinski definition) is 12. The van der Waals surface area contributed by atoms with Crippen LogP contribution in [0.25, 0.3) is 165 Å². The van der Waals surface area contributed by atoms with Crippen molar-refractivity contribution < 1.29 is 56.1 Å². The second-order valence-electron chi connectivity index (χ2n) is 35.3. The number of benzene rings is 16. The van der Waals surface area contributed by atoms with E-state index in [1.165, 1.54) is 30.3 Å². The van der Waals surface area contributed by atoms with Gasteiger partial charge in [0.05, 0.1) is 53.8 Å². The van der Waals surface area contributed by atoms with Gasteiger partial charge in [-0.15, -0.1) is 0 Å². The molecule has 2 aliphatic rings. The maximum atomic E-state index is 14.8. The minimum Gasteiger partial charge on any atom is -0.394 e. The molecule has 0 bridgehead atoms. The summed E-state index contributed by atoms with van der Waals surface area (Å²) in [6.45, 7) is 4.55. The molecule has 2 saturated carbocycles. The molecule has 0 spiro atoms. The number of fused-ring (bicyclic) bond motifs is 10. The van der Waals surface area contributed by atoms with E-state index in [2.05, 4.69) is 77.6 Å². The van der Waals surface area contributed by atoms with Crippen LogP contribution >= 0.6 is 11.8 Å². The average molecular weight is 1900 g/mol. The second kappa shape index (κ2) is 41.4. The van der Waals surface area contributed by atoms with Gasteiger partial charge in [-0.2, -0.15) is 37.3 Å². The Kier molecular flexibility index (Phi) is 27.4. The smallest absolute Gasteiger partial charge is 0.251 e. The maximum absolute atomic E-state index is 14.8. The lowest BCUT2D eigenvalue weighted by Crippen LogP contribution is -2.41. The standard InChI is InChI=1S/C26H20FN3O2.C23H22FN3O2.C22H18FN3O.C21H18FN3OS.C21H16FN3O/c27-22-14-20(26(32)28-23(15-31)17-7-2-1-3-8-17)13-21-24(29-30-25(21)22)19-11-10-16-6-4-5-9-18(16)12-19;1-13(2)20(12-28)25-23(29)17-10-18-21(26-27-22(18)19(24)11-17)16-8-7-14-5-3-4-6-15(14)9-16;23-19-11-17(22(27)24-12-13-5-6-13)10-18-20(25-26-21(18)19)16-8-7-14-3-1-2-4-15(14)9-16;1-27-9-8-23-21(26)16-11-17-19(24-25-20(17)18(22)12-16)15-7-6-13-4-2-3-5-14(13)10-15;22-18-11-15(21(26)23-16-7-8-16)10-17-19(24-25-20(17)18)14-6-5-12-3-1-2-4-13(12)9-14/h1-14,23,31H,15H2,(H,28,32)(H,29,30);3-11,13,20,28H,12H2,1-2H3,(H,25,29)(H,26,27);1-4,7-11,13H,5-6,12H2,(H,24,27)(H,25,26);2-7,10-12H,8-9H2,1H3,(H,23,26)(H,24,25);1-6,9-11,16H,7-8H2,(H,23,26)(H,24,25)/t23-;20-;;;/m11.../s1. The van der Waals surface area contributed by atoms with E-state index in [1.54, 1.807) is 42.1 Å². The summed E-state index contributed by atoms with van der Waals surface area (Å²) in [5.74, 6) is -2.87. The number of aliphatic hydroxyl groups excluding tert-OH is 2. The lowest BCUT2D eigenvalue weighted by molar-refractivity contribution is 0.0893. The zero-order chi connectivity index (χ0) is 97.5. The molecule has 5 amide bonds. The van der Waals surface area contributed by atoms with Crippen LogP contribution in [0.15, 0.2) is 303 Å². The van der Waals surface area contributed by atoms with E-state index in [1.807, 2.05) is 263 Å². The van der Waals surface area contributed by atoms with Crippen LogP contribution in [0.3, 0.4) is 0 Å². The van der Waals surface area contributed by atoms with Crippen molar-refractivity contribution in [3.05, 3.63) is 366 Å². The molecule has 5 heterocycles. The zero-order valence-electron chi connectivity index (χ0n) is 76.6. The average Bonchev–Trinajstić information content (AvgIpc) is 1.66. The molecular weight excluding hydrogens is 1810 g/mol. The number of aromatic nitrogens is 10. The zero-order valence-corrected chi connectivity index (χ0v) is 77.4. The number of carbonyl (C=O) groups is 5. The molecule has 2 fully saturated rings. The van der Waals surface area contributed by atoms with Crippen LogP contribution in [-0.2, 0) is 0 Å². The summed E-state index contributed by atoms with van der Waals surface area (Å²) in [7, 11) is 0. The van der Waals surface area contributed by atoms with E-state index >= 15 is 0 Å². The molecule has 2 aliphatic carbocycles. The van der Waals surface area contributed by atoms with Gasteiger partial charge in [0.2, 0.25) is 0 Å². The van der Waals surface area contributed by atoms with E-state index in [0.717, 1.165) is 119 Å². The minimum absolute atomic E-state index is 0.0552. The molecule has 141 heavy (non-hydrogen) atoms. The SMILES string of the molecule is CC(C)[C@@H](CO)NC(=O)c1cc(F)c2n[nH]c(-c3ccc4ccccc4c3)c2c1.CSCCNC(=O)c1cc(F)c2n[nH]c(-c3ccc4ccccc4c3)c2c1.O=C(NC1CC1)c1cc(F)c2n[nH]c(-c3ccc4ccccc4c3)c2c1.O=C(NCC1CC1)c1cc(F)c2n[nH]c(-c3ccc4ccccc4c3)c2c1.O=C(N[C@H](CO)c1ccccc1)c1cc(F)c2n[nH]c(-c3ccc4ccccc4c3)c2c1. The fourth-order valence-electron chi connectivity index (χ4n) is 17.2. The van der Waals surface area contributed by atoms with Gasteiger partial charge in [-0.1, -0.05) is 226 Å². The van der Waals surface area contributed by atoms with Gasteiger partial charge in [0, 0.05) is 107 Å². The third-order valence-electron chi connectivity index (χ3n) is 25.3. The highest BCUT2D eigenvalue weighted by Crippen LogP contribution is 2.39. The summed E-state index contributed by atoms with van der Waals surface area (Å²) in [6.07, 6.45) is 6.26. The summed E-state index contributed by atoms with van der Waals surface area (Å²) >= 11 is 1.64. The van der Waals surface area contributed by atoms with Crippen LogP contribution in [0.2, 0.25) is 0 Å². The summed E-state index contributed by atoms with van der Waals surface area (Å²) in [5, 5.41) is 82.5. The van der Waals surface area contributed by atoms with Gasteiger partial charge >= 0.3 is 0 Å². The Bertz CT molecular complexity index is 8340. The van der Waals surface area contributed by atoms with Crippen LogP contribution in [0.1, 0.15) is 103 Å². The topological polar surface area (TPSA) is 329 Å². The van der Waals surface area contributed by atoms with E-state index in [4.69, 9.17) is 0 Å². The third kappa shape index (κ3) is 20.7. The molecule has 22 nitrogen and oxygen atoms in total. The number of aliphatic hydroxyl groups is 2. The first-order valence-corrected chi connectivity index (χ1v) is 47.6. The van der Waals surface area contributed by atoms with Crippen molar-refractivity contribution in [2.24, 2.45) is 11.8 Å². The van der Waals surface area contributed by atoms with E-state index in [-0.39, 0.29) is 81.6 Å².